The van der Waals surface area contributed by atoms with Gasteiger partial charge in [0.25, 0.3) is 0 Å². The SMILES string of the molecule is Fc1ccc2c(c1)c1cc(F)ccc1n2-c1ccc2c(-c3ccc(-c4ccccc4)cc3)c3cc(-n4c5ccc(F)cc5c5cc(F)ccc54)ccc3c(-c3ccc(-c4ccccc4)cc3)c2c1.Fc1ccc2c(c1)c1cc(F)ccc1n2-c1ccc2c(-c3cccc(-c4ccccc4)c3)c3cc(-n4c5ccc(F)cc5c5cc(F)ccc54)ccc3c(-c3cccc(-c4ccccc4)c3)c2c1. The quantitative estimate of drug-likeness (QED) is 0.0858. The van der Waals surface area contributed by atoms with E-state index in [9.17, 15) is 35.1 Å². The second kappa shape index (κ2) is 32.2. The molecule has 0 N–H and O–H groups in total. The van der Waals surface area contributed by atoms with Crippen molar-refractivity contribution in [2.75, 3.05) is 0 Å². The van der Waals surface area contributed by atoms with Crippen LogP contribution in [0.15, 0.2) is 437 Å². The number of hydrogen-bond donors (Lipinski definition) is 0. The molecular formula is C124H72F8N4. The summed E-state index contributed by atoms with van der Waals surface area (Å²) in [6, 6.07) is 139. The molecule has 644 valence electrons. The minimum absolute atomic E-state index is 0.394. The largest absolute Gasteiger partial charge is 0.309 e. The highest BCUT2D eigenvalue weighted by Crippen LogP contribution is 2.52. The van der Waals surface area contributed by atoms with Crippen molar-refractivity contribution in [1.82, 2.24) is 18.3 Å². The first-order chi connectivity index (χ1) is 66.7. The van der Waals surface area contributed by atoms with Crippen molar-refractivity contribution in [2.45, 2.75) is 0 Å². The van der Waals surface area contributed by atoms with Crippen LogP contribution < -0.4 is 0 Å². The fraction of sp³-hybridized carbons (Fsp3) is 0. The molecular weight excluding hydrogens is 1700 g/mol. The standard InChI is InChI=1S/2C62H36F4N2/c63-43-17-25-57-51(31-43)52-32-44(64)18-26-58(52)67(57)47-22-24-50-55(35-47)61(41-15-7-13-39(29-41)37-9-3-1-4-10-37)49-23-21-48(68-59-27-19-45(65)33-53(59)54-34-46(66)20-28-60(54)68)36-56(49)62(50)42-16-8-14-40(30-42)38-11-5-2-6-12-38;63-43-19-27-57-51(31-43)52-32-44(64)20-28-58(52)67(57)47-24-26-50-55(35-47)61(41-15-11-39(12-16-41)37-7-3-1-4-8-37)49-25-23-48(68-59-29-21-45(65)33-53(59)54-34-46(66)22-30-60(54)68)36-56(49)62(50)42-17-13-40(14-18-42)38-9-5-2-6-10-38/h2*1-36H. The average molecular weight is 1770 g/mol. The van der Waals surface area contributed by atoms with E-state index in [0.717, 1.165) is 199 Å². The molecule has 0 saturated heterocycles. The molecule has 12 heteroatoms. The maximum atomic E-state index is 14.9. The lowest BCUT2D eigenvalue weighted by molar-refractivity contribution is 0.628. The summed E-state index contributed by atoms with van der Waals surface area (Å²) in [4.78, 5) is 0. The van der Waals surface area contributed by atoms with Gasteiger partial charge in [0.15, 0.2) is 0 Å². The zero-order chi connectivity index (χ0) is 91.2. The van der Waals surface area contributed by atoms with Gasteiger partial charge < -0.3 is 18.3 Å². The van der Waals surface area contributed by atoms with Crippen LogP contribution in [0.4, 0.5) is 35.1 Å². The van der Waals surface area contributed by atoms with Crippen molar-refractivity contribution < 1.29 is 35.1 Å². The monoisotopic (exact) mass is 1770 g/mol. The third-order valence-electron chi connectivity index (χ3n) is 27.0. The molecule has 0 aliphatic carbocycles. The zero-order valence-corrected chi connectivity index (χ0v) is 72.4. The summed E-state index contributed by atoms with van der Waals surface area (Å²) < 4.78 is 128. The third-order valence-corrected chi connectivity index (χ3v) is 27.0. The van der Waals surface area contributed by atoms with Gasteiger partial charge in [0, 0.05) is 65.8 Å². The summed E-state index contributed by atoms with van der Waals surface area (Å²) in [5, 5.41) is 12.9. The van der Waals surface area contributed by atoms with Gasteiger partial charge >= 0.3 is 0 Å². The van der Waals surface area contributed by atoms with Crippen LogP contribution in [0, 0.1) is 46.5 Å². The number of halogens is 8. The highest BCUT2D eigenvalue weighted by molar-refractivity contribution is 6.25. The molecule has 0 radical (unpaired) electrons. The van der Waals surface area contributed by atoms with E-state index in [4.69, 9.17) is 0 Å². The van der Waals surface area contributed by atoms with Gasteiger partial charge in [-0.15, -0.1) is 0 Å². The van der Waals surface area contributed by atoms with E-state index in [0.29, 0.717) is 43.1 Å². The van der Waals surface area contributed by atoms with Gasteiger partial charge in [-0.2, -0.15) is 0 Å². The Kier molecular flexibility index (Phi) is 19.1. The number of fused-ring (bicyclic) bond motifs is 16. The molecule has 0 amide bonds. The molecule has 0 aliphatic heterocycles. The van der Waals surface area contributed by atoms with Crippen molar-refractivity contribution in [3.8, 4) is 112 Å². The Hall–Kier alpha value is -17.5. The van der Waals surface area contributed by atoms with Crippen molar-refractivity contribution in [2.24, 2.45) is 0 Å². The second-order valence-corrected chi connectivity index (χ2v) is 34.8. The summed E-state index contributed by atoms with van der Waals surface area (Å²) >= 11 is 0. The zero-order valence-electron chi connectivity index (χ0n) is 72.4. The number of hydrogen-bond acceptors (Lipinski definition) is 0. The van der Waals surface area contributed by atoms with Gasteiger partial charge in [-0.05, 0) is 338 Å². The van der Waals surface area contributed by atoms with E-state index in [1.807, 2.05) is 72.8 Å². The van der Waals surface area contributed by atoms with E-state index in [-0.39, 0.29) is 0 Å². The molecule has 0 spiro atoms. The van der Waals surface area contributed by atoms with E-state index >= 15 is 0 Å². The molecule has 0 aliphatic rings. The van der Waals surface area contributed by atoms with Crippen LogP contribution in [-0.2, 0) is 0 Å². The Morgan fingerprint density at radius 1 is 0.110 bits per heavy atom. The molecule has 4 heterocycles. The van der Waals surface area contributed by atoms with Crippen molar-refractivity contribution in [3.63, 3.8) is 0 Å². The minimum Gasteiger partial charge on any atom is -0.309 e. The fourth-order valence-electron chi connectivity index (χ4n) is 21.1. The van der Waals surface area contributed by atoms with Gasteiger partial charge in [-0.1, -0.05) is 231 Å². The summed E-state index contributed by atoms with van der Waals surface area (Å²) in [6.07, 6.45) is 0. The third kappa shape index (κ3) is 13.6. The predicted octanol–water partition coefficient (Wildman–Crippen LogP) is 34.8. The molecule has 0 atom stereocenters. The lowest BCUT2D eigenvalue weighted by Crippen LogP contribution is -1.98. The van der Waals surface area contributed by atoms with Crippen molar-refractivity contribution >= 4 is 130 Å². The van der Waals surface area contributed by atoms with E-state index < -0.39 is 46.5 Å². The topological polar surface area (TPSA) is 19.7 Å². The first kappa shape index (κ1) is 80.6. The van der Waals surface area contributed by atoms with E-state index in [1.165, 1.54) is 97.1 Å². The molecule has 0 unspecified atom stereocenters. The van der Waals surface area contributed by atoms with E-state index in [1.54, 1.807) is 48.5 Å². The number of benzene rings is 22. The van der Waals surface area contributed by atoms with Gasteiger partial charge in [0.2, 0.25) is 0 Å². The summed E-state index contributed by atoms with van der Waals surface area (Å²) in [7, 11) is 0. The Balaban J connectivity index is 0.000000145. The average Bonchev–Trinajstić information content (AvgIpc) is 1.43. The number of nitrogens with zero attached hydrogens (tertiary/aromatic N) is 4. The normalized spacial score (nSPS) is 11.8. The second-order valence-electron chi connectivity index (χ2n) is 34.8. The highest BCUT2D eigenvalue weighted by Gasteiger charge is 2.27. The van der Waals surface area contributed by atoms with Crippen LogP contribution in [0.3, 0.4) is 0 Å². The Morgan fingerprint density at radius 3 is 0.507 bits per heavy atom. The summed E-state index contributed by atoms with van der Waals surface area (Å²) in [5.41, 5.74) is 26.2. The van der Waals surface area contributed by atoms with Crippen LogP contribution in [0.1, 0.15) is 0 Å². The molecule has 22 aromatic carbocycles. The Bertz CT molecular complexity index is 8650. The van der Waals surface area contributed by atoms with Crippen LogP contribution in [0.2, 0.25) is 0 Å². The van der Waals surface area contributed by atoms with Crippen molar-refractivity contribution in [3.05, 3.63) is 483 Å². The van der Waals surface area contributed by atoms with Gasteiger partial charge in [-0.25, -0.2) is 35.1 Å². The maximum Gasteiger partial charge on any atom is 0.123 e. The Morgan fingerprint density at radius 2 is 0.287 bits per heavy atom. The lowest BCUT2D eigenvalue weighted by Gasteiger charge is -2.21. The maximum absolute atomic E-state index is 14.9. The van der Waals surface area contributed by atoms with Gasteiger partial charge in [-0.3, -0.25) is 0 Å². The van der Waals surface area contributed by atoms with Crippen LogP contribution >= 0.6 is 0 Å². The van der Waals surface area contributed by atoms with Crippen LogP contribution in [0.5, 0.6) is 0 Å². The highest BCUT2D eigenvalue weighted by atomic mass is 19.2. The first-order valence-corrected chi connectivity index (χ1v) is 45.0. The molecule has 4 nitrogen and oxygen atoms in total. The number of rotatable bonds is 12. The first-order valence-electron chi connectivity index (χ1n) is 45.0. The molecule has 26 rings (SSSR count). The fourth-order valence-corrected chi connectivity index (χ4v) is 21.1. The lowest BCUT2D eigenvalue weighted by atomic mass is 9.84. The Labute approximate surface area is 773 Å². The molecule has 0 fully saturated rings. The van der Waals surface area contributed by atoms with Gasteiger partial charge in [0.1, 0.15) is 46.5 Å². The number of aromatic nitrogens is 4. The van der Waals surface area contributed by atoms with Crippen LogP contribution in [0.25, 0.3) is 242 Å². The smallest absolute Gasteiger partial charge is 0.123 e. The van der Waals surface area contributed by atoms with Crippen LogP contribution in [-0.4, -0.2) is 18.3 Å². The molecule has 26 aromatic rings. The minimum atomic E-state index is -0.395. The molecule has 4 aromatic heterocycles. The molecule has 0 saturated carbocycles. The summed E-state index contributed by atoms with van der Waals surface area (Å²) in [6.45, 7) is 0. The van der Waals surface area contributed by atoms with E-state index in [2.05, 4.69) is 237 Å². The molecule has 0 bridgehead atoms. The molecule has 136 heavy (non-hydrogen) atoms. The van der Waals surface area contributed by atoms with Gasteiger partial charge in [0.05, 0.1) is 44.1 Å². The van der Waals surface area contributed by atoms with Crippen molar-refractivity contribution in [1.29, 1.82) is 0 Å². The summed E-state index contributed by atoms with van der Waals surface area (Å²) in [5.74, 6) is -3.16. The predicted molar refractivity (Wildman–Crippen MR) is 543 cm³/mol.